The van der Waals surface area contributed by atoms with E-state index in [0.717, 1.165) is 17.7 Å². The molecule has 45 heavy (non-hydrogen) atoms. The maximum atomic E-state index is 12.3. The topological polar surface area (TPSA) is 121 Å². The van der Waals surface area contributed by atoms with Gasteiger partial charge in [0, 0.05) is 42.0 Å². The molecule has 3 heterocycles. The summed E-state index contributed by atoms with van der Waals surface area (Å²) in [5.41, 5.74) is 7.96. The highest BCUT2D eigenvalue weighted by Gasteiger charge is 2.16. The zero-order valence-corrected chi connectivity index (χ0v) is 27.5. The number of ether oxygens (including phenoxy) is 2. The molecular formula is C31H30Cl3N7O3S. The molecule has 0 aliphatic heterocycles. The molecule has 1 amide bonds. The van der Waals surface area contributed by atoms with E-state index in [1.165, 1.54) is 22.7 Å². The number of thioether (sulfide) groups is 1. The van der Waals surface area contributed by atoms with E-state index in [0.29, 0.717) is 56.4 Å². The number of nitrogens with zero attached hydrogens (tertiary/aromatic N) is 6. The van der Waals surface area contributed by atoms with Crippen LogP contribution in [0.15, 0.2) is 90.9 Å². The normalized spacial score (nSPS) is 10.5. The molecule has 0 bridgehead atoms. The summed E-state index contributed by atoms with van der Waals surface area (Å²) >= 11 is 19.5. The molecule has 10 nitrogen and oxygen atoms in total. The van der Waals surface area contributed by atoms with Crippen molar-refractivity contribution in [3.63, 3.8) is 0 Å². The largest absolute Gasteiger partial charge is 0.489 e. The lowest BCUT2D eigenvalue weighted by Gasteiger charge is -2.22. The monoisotopic (exact) mass is 685 g/mol. The number of carbonyl (C=O) groups excluding carboxylic acids is 1. The Morgan fingerprint density at radius 1 is 1.00 bits per heavy atom. The van der Waals surface area contributed by atoms with Crippen molar-refractivity contribution in [3.8, 4) is 28.6 Å². The number of hydrogen-bond acceptors (Lipinski definition) is 9. The van der Waals surface area contributed by atoms with Crippen LogP contribution in [0.25, 0.3) is 11.3 Å². The van der Waals surface area contributed by atoms with Crippen molar-refractivity contribution in [2.24, 2.45) is 0 Å². The van der Waals surface area contributed by atoms with Gasteiger partial charge in [-0.2, -0.15) is 0 Å². The highest BCUT2D eigenvalue weighted by Crippen LogP contribution is 2.36. The molecule has 0 spiro atoms. The maximum absolute atomic E-state index is 12.3. The summed E-state index contributed by atoms with van der Waals surface area (Å²) in [5.74, 6) is 1.54. The van der Waals surface area contributed by atoms with Gasteiger partial charge < -0.3 is 20.1 Å². The Morgan fingerprint density at radius 3 is 2.42 bits per heavy atom. The SMILES string of the molecule is CCCN(CCOc1c(Cl)cc(Cl)cc1Cl)C(=O)n1ccnc1.CSc1nccc(-c2cccnc2Oc2ccc(N)cc2)n1. The smallest absolute Gasteiger partial charge is 0.329 e. The fourth-order valence-electron chi connectivity index (χ4n) is 3.94. The third-order valence-corrected chi connectivity index (χ3v) is 7.36. The average molecular weight is 687 g/mol. The standard InChI is InChI=1S/C16H14N4OS.C15H16Cl3N3O2/c1-22-16-19-10-8-14(20-16)13-3-2-9-18-15(13)21-12-6-4-11(17)5-7-12;1-2-4-20(15(22)21-5-3-19-10-21)6-7-23-14-12(17)8-11(16)9-13(14)18/h2-10H,17H2,1H3;3,5,8-10H,2,4,6-7H2,1H3. The molecule has 0 radical (unpaired) electrons. The number of aromatic nitrogens is 5. The van der Waals surface area contributed by atoms with Crippen LogP contribution in [0.4, 0.5) is 10.5 Å². The predicted molar refractivity (Wildman–Crippen MR) is 180 cm³/mol. The highest BCUT2D eigenvalue weighted by molar-refractivity contribution is 7.98. The van der Waals surface area contributed by atoms with Gasteiger partial charge in [-0.15, -0.1) is 0 Å². The number of benzene rings is 2. The summed E-state index contributed by atoms with van der Waals surface area (Å²) < 4.78 is 12.9. The molecule has 0 aliphatic rings. The molecule has 3 aromatic heterocycles. The Morgan fingerprint density at radius 2 is 1.76 bits per heavy atom. The van der Waals surface area contributed by atoms with Gasteiger partial charge in [0.2, 0.25) is 5.88 Å². The number of nitrogens with two attached hydrogens (primary N) is 1. The first-order valence-corrected chi connectivity index (χ1v) is 16.0. The summed E-state index contributed by atoms with van der Waals surface area (Å²) in [6.45, 7) is 3.28. The van der Waals surface area contributed by atoms with E-state index in [4.69, 9.17) is 50.0 Å². The zero-order chi connectivity index (χ0) is 32.2. The van der Waals surface area contributed by atoms with E-state index < -0.39 is 0 Å². The number of pyridine rings is 1. The third kappa shape index (κ3) is 9.73. The second kappa shape index (κ2) is 16.9. The first kappa shape index (κ1) is 33.9. The third-order valence-electron chi connectivity index (χ3n) is 6.02. The Balaban J connectivity index is 0.000000205. The molecule has 5 aromatic rings. The molecule has 5 rings (SSSR count). The van der Waals surface area contributed by atoms with Crippen molar-refractivity contribution in [2.45, 2.75) is 18.5 Å². The summed E-state index contributed by atoms with van der Waals surface area (Å²) in [5, 5.41) is 1.82. The van der Waals surface area contributed by atoms with Crippen molar-refractivity contribution in [1.29, 1.82) is 0 Å². The molecule has 0 saturated heterocycles. The van der Waals surface area contributed by atoms with Gasteiger partial charge in [0.15, 0.2) is 10.9 Å². The van der Waals surface area contributed by atoms with E-state index in [1.807, 2.05) is 31.4 Å². The number of nitrogen functional groups attached to an aromatic ring is 1. The second-order valence-electron chi connectivity index (χ2n) is 9.24. The number of carbonyl (C=O) groups is 1. The van der Waals surface area contributed by atoms with Gasteiger partial charge in [-0.25, -0.2) is 24.7 Å². The average Bonchev–Trinajstić information content (AvgIpc) is 3.58. The van der Waals surface area contributed by atoms with Crippen LogP contribution < -0.4 is 15.2 Å². The first-order chi connectivity index (χ1) is 21.8. The number of amides is 1. The lowest BCUT2D eigenvalue weighted by atomic mass is 10.2. The van der Waals surface area contributed by atoms with Crippen molar-refractivity contribution in [2.75, 3.05) is 31.7 Å². The molecule has 234 valence electrons. The number of imidazole rings is 1. The van der Waals surface area contributed by atoms with Crippen molar-refractivity contribution in [1.82, 2.24) is 29.4 Å². The van der Waals surface area contributed by atoms with Gasteiger partial charge in [-0.05, 0) is 67.3 Å². The number of anilines is 1. The van der Waals surface area contributed by atoms with Crippen molar-refractivity contribution in [3.05, 3.63) is 101 Å². The molecule has 2 aromatic carbocycles. The van der Waals surface area contributed by atoms with Crippen LogP contribution in [0.3, 0.4) is 0 Å². The van der Waals surface area contributed by atoms with Crippen LogP contribution in [-0.4, -0.2) is 61.4 Å². The Bertz CT molecular complexity index is 1670. The number of halogens is 3. The molecule has 0 unspecified atom stereocenters. The lowest BCUT2D eigenvalue weighted by Crippen LogP contribution is -2.37. The Hall–Kier alpha value is -4.03. The minimum atomic E-state index is -0.152. The fourth-order valence-corrected chi connectivity index (χ4v) is 5.22. The van der Waals surface area contributed by atoms with Crippen molar-refractivity contribution >= 4 is 58.3 Å². The first-order valence-electron chi connectivity index (χ1n) is 13.7. The van der Waals surface area contributed by atoms with Gasteiger partial charge in [0.05, 0.1) is 27.8 Å². The van der Waals surface area contributed by atoms with E-state index >= 15 is 0 Å². The van der Waals surface area contributed by atoms with E-state index in [-0.39, 0.29) is 12.6 Å². The summed E-state index contributed by atoms with van der Waals surface area (Å²) in [6.07, 6.45) is 10.8. The number of hydrogen-bond donors (Lipinski definition) is 1. The molecule has 2 N–H and O–H groups in total. The molecule has 0 saturated carbocycles. The summed E-state index contributed by atoms with van der Waals surface area (Å²) in [4.78, 5) is 30.9. The number of rotatable bonds is 10. The van der Waals surface area contributed by atoms with Gasteiger partial charge in [0.1, 0.15) is 18.7 Å². The van der Waals surface area contributed by atoms with Crippen LogP contribution in [-0.2, 0) is 0 Å². The summed E-state index contributed by atoms with van der Waals surface area (Å²) in [7, 11) is 0. The highest BCUT2D eigenvalue weighted by atomic mass is 35.5. The van der Waals surface area contributed by atoms with E-state index in [9.17, 15) is 4.79 Å². The minimum Gasteiger partial charge on any atom is -0.489 e. The van der Waals surface area contributed by atoms with Crippen LogP contribution in [0.1, 0.15) is 13.3 Å². The molecular weight excluding hydrogens is 657 g/mol. The van der Waals surface area contributed by atoms with Gasteiger partial charge in [-0.3, -0.25) is 4.57 Å². The Labute approximate surface area is 280 Å². The van der Waals surface area contributed by atoms with E-state index in [1.54, 1.807) is 66.1 Å². The van der Waals surface area contributed by atoms with Crippen molar-refractivity contribution < 1.29 is 14.3 Å². The predicted octanol–water partition coefficient (Wildman–Crippen LogP) is 8.24. The van der Waals surface area contributed by atoms with Crippen LogP contribution >= 0.6 is 46.6 Å². The fraction of sp³-hybridized carbons (Fsp3) is 0.194. The van der Waals surface area contributed by atoms with Gasteiger partial charge >= 0.3 is 6.03 Å². The van der Waals surface area contributed by atoms with Gasteiger partial charge in [-0.1, -0.05) is 53.5 Å². The molecule has 0 fully saturated rings. The quantitative estimate of drug-likeness (QED) is 0.0879. The molecule has 0 aliphatic carbocycles. The van der Waals surface area contributed by atoms with E-state index in [2.05, 4.69) is 19.9 Å². The lowest BCUT2D eigenvalue weighted by molar-refractivity contribution is 0.184. The van der Waals surface area contributed by atoms with Crippen LogP contribution in [0.5, 0.6) is 17.4 Å². The molecule has 14 heteroatoms. The maximum Gasteiger partial charge on any atom is 0.329 e. The molecule has 0 atom stereocenters. The van der Waals surface area contributed by atoms with Crippen LogP contribution in [0.2, 0.25) is 15.1 Å². The minimum absolute atomic E-state index is 0.152. The Kier molecular flexibility index (Phi) is 12.7. The van der Waals surface area contributed by atoms with Crippen LogP contribution in [0, 0.1) is 0 Å². The zero-order valence-electron chi connectivity index (χ0n) is 24.4. The van der Waals surface area contributed by atoms with Gasteiger partial charge in [0.25, 0.3) is 0 Å². The summed E-state index contributed by atoms with van der Waals surface area (Å²) in [6, 6.07) is 15.8. The second-order valence-corrected chi connectivity index (χ2v) is 11.3.